The van der Waals surface area contributed by atoms with Gasteiger partial charge in [0.05, 0.1) is 0 Å². The molecule has 0 aromatic carbocycles. The number of rotatable bonds is 0. The molecule has 52 valence electrons. The molecule has 0 aromatic heterocycles. The summed E-state index contributed by atoms with van der Waals surface area (Å²) >= 11 is 2.59. The summed E-state index contributed by atoms with van der Waals surface area (Å²) in [7, 11) is 0. The summed E-state index contributed by atoms with van der Waals surface area (Å²) in [6.45, 7) is 0. The summed E-state index contributed by atoms with van der Waals surface area (Å²) in [4.78, 5) is 7.22. The molecule has 2 aliphatic heterocycles. The van der Waals surface area contributed by atoms with Crippen molar-refractivity contribution < 1.29 is 0 Å². The van der Waals surface area contributed by atoms with Gasteiger partial charge in [0.25, 0.3) is 0 Å². The van der Waals surface area contributed by atoms with Crippen LogP contribution in [0, 0.1) is 0 Å². The Labute approximate surface area is 89.5 Å². The summed E-state index contributed by atoms with van der Waals surface area (Å²) in [5, 5.41) is 0. The van der Waals surface area contributed by atoms with Crippen LogP contribution in [0.2, 0.25) is 0 Å². The van der Waals surface area contributed by atoms with E-state index in [0.717, 1.165) is 44.9 Å². The van der Waals surface area contributed by atoms with E-state index in [2.05, 4.69) is 19.0 Å². The number of hydrogen-bond acceptors (Lipinski definition) is 0. The van der Waals surface area contributed by atoms with E-state index in [1.54, 1.807) is 0 Å². The molecule has 0 radical (unpaired) electrons. The molecule has 0 nitrogen and oxygen atoms in total. The fraction of sp³-hybridized carbons (Fsp3) is 0. The molecule has 0 amide bonds. The zero-order valence-corrected chi connectivity index (χ0v) is 12.4. The van der Waals surface area contributed by atoms with Gasteiger partial charge in [-0.15, -0.1) is 0 Å². The van der Waals surface area contributed by atoms with Crippen molar-refractivity contribution in [1.82, 2.24) is 0 Å². The van der Waals surface area contributed by atoms with Crippen LogP contribution in [0.25, 0.3) is 0 Å². The van der Waals surface area contributed by atoms with Gasteiger partial charge in [-0.1, -0.05) is 0 Å². The quantitative estimate of drug-likeness (QED) is 0.462. The molecular formula is C6H4Se3Te. The van der Waals surface area contributed by atoms with E-state index in [0.29, 0.717) is 0 Å². The zero-order chi connectivity index (χ0) is 6.81. The van der Waals surface area contributed by atoms with Gasteiger partial charge in [-0.05, 0) is 0 Å². The predicted molar refractivity (Wildman–Crippen MR) is 48.3 cm³/mol. The normalized spacial score (nSPS) is 23.2. The average Bonchev–Trinajstić information content (AvgIpc) is 2.59. The molecule has 4 heteroatoms. The Hall–Kier alpha value is 1.57. The van der Waals surface area contributed by atoms with E-state index in [4.69, 9.17) is 0 Å². The minimum atomic E-state index is 0.218. The van der Waals surface area contributed by atoms with E-state index in [9.17, 15) is 0 Å². The molecule has 2 rings (SSSR count). The average molecular weight is 441 g/mol. The SMILES string of the molecule is C1=C[Se]C(=C2[Se]C=C[Te]2)[Se]1. The molecule has 0 aliphatic carbocycles. The van der Waals surface area contributed by atoms with Crippen LogP contribution in [0.15, 0.2) is 24.9 Å². The molecule has 0 bridgehead atoms. The second-order valence-electron chi connectivity index (χ2n) is 1.59. The van der Waals surface area contributed by atoms with Crippen LogP contribution in [0.5, 0.6) is 0 Å². The first kappa shape index (κ1) is 8.18. The summed E-state index contributed by atoms with van der Waals surface area (Å²) in [6, 6.07) is 0. The molecule has 0 unspecified atom stereocenters. The van der Waals surface area contributed by atoms with Gasteiger partial charge in [-0.25, -0.2) is 0 Å². The summed E-state index contributed by atoms with van der Waals surface area (Å²) in [5.74, 6) is 0. The van der Waals surface area contributed by atoms with Crippen molar-refractivity contribution >= 4 is 65.8 Å². The third-order valence-electron chi connectivity index (χ3n) is 0.978. The van der Waals surface area contributed by atoms with Crippen LogP contribution in [0.3, 0.4) is 0 Å². The third-order valence-corrected chi connectivity index (χ3v) is 17.4. The van der Waals surface area contributed by atoms with Crippen LogP contribution in [0.1, 0.15) is 0 Å². The van der Waals surface area contributed by atoms with Gasteiger partial charge in [-0.2, -0.15) is 0 Å². The zero-order valence-electron chi connectivity index (χ0n) is 4.94. The van der Waals surface area contributed by atoms with E-state index < -0.39 is 0 Å². The third kappa shape index (κ3) is 1.83. The fourth-order valence-corrected chi connectivity index (χ4v) is 15.3. The van der Waals surface area contributed by atoms with Crippen molar-refractivity contribution in [3.8, 4) is 0 Å². The molecule has 10 heavy (non-hydrogen) atoms. The van der Waals surface area contributed by atoms with Crippen molar-refractivity contribution in [3.63, 3.8) is 0 Å². The summed E-state index contributed by atoms with van der Waals surface area (Å²) in [6.07, 6.45) is 0. The van der Waals surface area contributed by atoms with Crippen molar-refractivity contribution in [2.24, 2.45) is 0 Å². The molecule has 0 aromatic rings. The van der Waals surface area contributed by atoms with Crippen LogP contribution in [0.4, 0.5) is 0 Å². The number of hydrogen-bond donors (Lipinski definition) is 0. The maximum atomic E-state index is 2.46. The molecule has 0 spiro atoms. The Kier molecular flexibility index (Phi) is 3.27. The molecular weight excluding hydrogens is 437 g/mol. The molecule has 0 atom stereocenters. The predicted octanol–water partition coefficient (Wildman–Crippen LogP) is -0.101. The van der Waals surface area contributed by atoms with Gasteiger partial charge in [0, 0.05) is 0 Å². The van der Waals surface area contributed by atoms with E-state index in [1.165, 1.54) is 0 Å². The summed E-state index contributed by atoms with van der Waals surface area (Å²) in [5.41, 5.74) is 0. The Morgan fingerprint density at radius 2 is 1.80 bits per heavy atom. The first-order valence-electron chi connectivity index (χ1n) is 2.68. The van der Waals surface area contributed by atoms with E-state index in [1.807, 2.05) is 5.89 Å². The summed E-state index contributed by atoms with van der Waals surface area (Å²) < 4.78 is 6.26. The Bertz CT molecular complexity index is 185. The van der Waals surface area contributed by atoms with Crippen molar-refractivity contribution in [2.75, 3.05) is 0 Å². The molecule has 0 saturated heterocycles. The van der Waals surface area contributed by atoms with Crippen LogP contribution < -0.4 is 0 Å². The van der Waals surface area contributed by atoms with Gasteiger partial charge >= 0.3 is 90.7 Å². The Morgan fingerprint density at radius 1 is 1.00 bits per heavy atom. The van der Waals surface area contributed by atoms with Crippen molar-refractivity contribution in [1.29, 1.82) is 0 Å². The molecule has 0 saturated carbocycles. The maximum absolute atomic E-state index is 2.46. The minimum absolute atomic E-state index is 0.218. The van der Waals surface area contributed by atoms with Gasteiger partial charge in [0.1, 0.15) is 0 Å². The van der Waals surface area contributed by atoms with Crippen LogP contribution in [-0.4, -0.2) is 65.8 Å². The van der Waals surface area contributed by atoms with Gasteiger partial charge < -0.3 is 0 Å². The first-order valence-corrected chi connectivity index (χ1v) is 10.7. The molecule has 2 heterocycles. The van der Waals surface area contributed by atoms with E-state index >= 15 is 0 Å². The van der Waals surface area contributed by atoms with Crippen molar-refractivity contribution in [2.45, 2.75) is 0 Å². The molecule has 0 N–H and O–H groups in total. The molecule has 0 fully saturated rings. The standard InChI is InChI=1S/C6H4Se3Te/c1-2-8-5(7-1)6-9-3-4-10-6/h1-4H. The van der Waals surface area contributed by atoms with Crippen molar-refractivity contribution in [3.05, 3.63) is 24.9 Å². The van der Waals surface area contributed by atoms with Crippen LogP contribution >= 0.6 is 0 Å². The van der Waals surface area contributed by atoms with Gasteiger partial charge in [0.15, 0.2) is 0 Å². The molecule has 2 aliphatic rings. The van der Waals surface area contributed by atoms with E-state index in [-0.39, 0.29) is 20.9 Å². The first-order chi connectivity index (χ1) is 4.97. The Morgan fingerprint density at radius 3 is 2.40 bits per heavy atom. The van der Waals surface area contributed by atoms with Gasteiger partial charge in [0.2, 0.25) is 0 Å². The topological polar surface area (TPSA) is 0 Å². The second kappa shape index (κ2) is 3.99. The monoisotopic (exact) mass is 446 g/mol. The van der Waals surface area contributed by atoms with Gasteiger partial charge in [-0.3, -0.25) is 0 Å². The Balaban J connectivity index is 2.14. The second-order valence-corrected chi connectivity index (χ2v) is 13.1. The van der Waals surface area contributed by atoms with Crippen LogP contribution in [-0.2, 0) is 0 Å². The fourth-order valence-electron chi connectivity index (χ4n) is 0.606.